The molecule has 0 radical (unpaired) electrons. The Morgan fingerprint density at radius 3 is 2.57 bits per heavy atom. The van der Waals surface area contributed by atoms with Crippen molar-refractivity contribution in [1.82, 2.24) is 14.8 Å². The zero-order chi connectivity index (χ0) is 24.6. The van der Waals surface area contributed by atoms with Crippen LogP contribution in [0.15, 0.2) is 78.9 Å². The van der Waals surface area contributed by atoms with Gasteiger partial charge in [-0.25, -0.2) is 9.07 Å². The lowest BCUT2D eigenvalue weighted by Crippen LogP contribution is -2.24. The molecule has 0 aliphatic carbocycles. The summed E-state index contributed by atoms with van der Waals surface area (Å²) in [5.41, 5.74) is 3.15. The largest absolute Gasteiger partial charge is 0.460 e. The van der Waals surface area contributed by atoms with Crippen molar-refractivity contribution in [3.63, 3.8) is 0 Å². The fourth-order valence-corrected chi connectivity index (χ4v) is 3.48. The van der Waals surface area contributed by atoms with E-state index < -0.39 is 6.10 Å². The normalized spacial score (nSPS) is 12.0. The molecule has 182 valence electrons. The van der Waals surface area contributed by atoms with Crippen molar-refractivity contribution < 1.29 is 19.0 Å². The SMILES string of the molecule is CC(C)Oc1nc(-c2cccc(F)c2)n(-c2cccc(NC[C@H](O)COCc3ccccc3)c2)n1. The molecule has 0 unspecified atom stereocenters. The highest BCUT2D eigenvalue weighted by Gasteiger charge is 2.16. The van der Waals surface area contributed by atoms with Gasteiger partial charge in [0.1, 0.15) is 5.82 Å². The third kappa shape index (κ3) is 6.88. The number of aromatic nitrogens is 3. The molecule has 2 N–H and O–H groups in total. The molecule has 0 fully saturated rings. The number of anilines is 1. The lowest BCUT2D eigenvalue weighted by Gasteiger charge is -2.14. The summed E-state index contributed by atoms with van der Waals surface area (Å²) in [6.07, 6.45) is -0.785. The summed E-state index contributed by atoms with van der Waals surface area (Å²) in [6, 6.07) is 23.8. The Kier molecular flexibility index (Phi) is 8.07. The first-order valence-corrected chi connectivity index (χ1v) is 11.5. The third-order valence-corrected chi connectivity index (χ3v) is 5.07. The number of halogens is 1. The Bertz CT molecular complexity index is 1230. The lowest BCUT2D eigenvalue weighted by molar-refractivity contribution is 0.0348. The molecule has 8 heteroatoms. The van der Waals surface area contributed by atoms with Gasteiger partial charge in [-0.1, -0.05) is 48.5 Å². The van der Waals surface area contributed by atoms with Gasteiger partial charge in [0, 0.05) is 17.8 Å². The van der Waals surface area contributed by atoms with E-state index >= 15 is 0 Å². The van der Waals surface area contributed by atoms with E-state index in [2.05, 4.69) is 15.4 Å². The van der Waals surface area contributed by atoms with Crippen molar-refractivity contribution in [3.8, 4) is 23.1 Å². The van der Waals surface area contributed by atoms with Crippen LogP contribution in [0.2, 0.25) is 0 Å². The van der Waals surface area contributed by atoms with E-state index in [1.165, 1.54) is 12.1 Å². The predicted octanol–water partition coefficient (Wildman–Crippen LogP) is 4.85. The number of ether oxygens (including phenoxy) is 2. The molecule has 0 amide bonds. The minimum Gasteiger partial charge on any atom is -0.460 e. The summed E-state index contributed by atoms with van der Waals surface area (Å²) < 4.78 is 26.8. The standard InChI is InChI=1S/C27H29FN4O3/c1-19(2)35-27-30-26(21-10-6-11-22(28)14-21)32(31-27)24-13-7-12-23(15-24)29-16-25(33)18-34-17-20-8-4-3-5-9-20/h3-15,19,25,29,33H,16-18H2,1-2H3/t25-/m0/s1. The van der Waals surface area contributed by atoms with Crippen LogP contribution in [0.25, 0.3) is 17.1 Å². The second-order valence-electron chi connectivity index (χ2n) is 8.39. The summed E-state index contributed by atoms with van der Waals surface area (Å²) in [7, 11) is 0. The van der Waals surface area contributed by atoms with Crippen molar-refractivity contribution in [1.29, 1.82) is 0 Å². The van der Waals surface area contributed by atoms with Crippen molar-refractivity contribution in [2.24, 2.45) is 0 Å². The first-order valence-electron chi connectivity index (χ1n) is 11.5. The Balaban J connectivity index is 1.45. The predicted molar refractivity (Wildman–Crippen MR) is 133 cm³/mol. The molecule has 0 spiro atoms. The number of hydrogen-bond acceptors (Lipinski definition) is 6. The maximum absolute atomic E-state index is 13.9. The van der Waals surface area contributed by atoms with Crippen LogP contribution in [-0.2, 0) is 11.3 Å². The molecule has 7 nitrogen and oxygen atoms in total. The van der Waals surface area contributed by atoms with Crippen LogP contribution in [0.1, 0.15) is 19.4 Å². The maximum atomic E-state index is 13.9. The van der Waals surface area contributed by atoms with Gasteiger partial charge in [-0.05, 0) is 49.7 Å². The molecule has 0 saturated carbocycles. The minimum atomic E-state index is -0.678. The minimum absolute atomic E-state index is 0.107. The van der Waals surface area contributed by atoms with E-state index in [-0.39, 0.29) is 24.5 Å². The van der Waals surface area contributed by atoms with E-state index in [4.69, 9.17) is 9.47 Å². The highest BCUT2D eigenvalue weighted by molar-refractivity contribution is 5.60. The van der Waals surface area contributed by atoms with E-state index in [1.807, 2.05) is 68.4 Å². The van der Waals surface area contributed by atoms with Crippen LogP contribution >= 0.6 is 0 Å². The summed E-state index contributed by atoms with van der Waals surface area (Å²) in [6.45, 7) is 4.76. The van der Waals surface area contributed by atoms with Gasteiger partial charge in [-0.2, -0.15) is 4.98 Å². The van der Waals surface area contributed by atoms with Gasteiger partial charge in [0.25, 0.3) is 0 Å². The quantitative estimate of drug-likeness (QED) is 0.322. The van der Waals surface area contributed by atoms with E-state index in [9.17, 15) is 9.50 Å². The van der Waals surface area contributed by atoms with Crippen LogP contribution in [0.5, 0.6) is 6.01 Å². The van der Waals surface area contributed by atoms with Crippen LogP contribution in [0, 0.1) is 5.82 Å². The third-order valence-electron chi connectivity index (χ3n) is 5.07. The molecule has 1 heterocycles. The highest BCUT2D eigenvalue weighted by Crippen LogP contribution is 2.26. The second kappa shape index (κ2) is 11.6. The number of nitrogens with zero attached hydrogens (tertiary/aromatic N) is 3. The molecular weight excluding hydrogens is 447 g/mol. The lowest BCUT2D eigenvalue weighted by atomic mass is 10.2. The van der Waals surface area contributed by atoms with Gasteiger partial charge in [-0.15, -0.1) is 5.10 Å². The van der Waals surface area contributed by atoms with E-state index in [0.29, 0.717) is 24.5 Å². The molecule has 0 aliphatic heterocycles. The number of hydrogen-bond donors (Lipinski definition) is 2. The van der Waals surface area contributed by atoms with Gasteiger partial charge in [0.05, 0.1) is 31.1 Å². The van der Waals surface area contributed by atoms with Crippen molar-refractivity contribution in [2.75, 3.05) is 18.5 Å². The summed E-state index contributed by atoms with van der Waals surface area (Å²) >= 11 is 0. The summed E-state index contributed by atoms with van der Waals surface area (Å²) in [5.74, 6) is 0.105. The first-order chi connectivity index (χ1) is 17.0. The highest BCUT2D eigenvalue weighted by atomic mass is 19.1. The number of benzene rings is 3. The van der Waals surface area contributed by atoms with Crippen LogP contribution in [0.4, 0.5) is 10.1 Å². The van der Waals surface area contributed by atoms with Crippen molar-refractivity contribution in [3.05, 3.63) is 90.2 Å². The number of aliphatic hydroxyl groups excluding tert-OH is 1. The van der Waals surface area contributed by atoms with Crippen LogP contribution in [0.3, 0.4) is 0 Å². The molecule has 4 rings (SSSR count). The molecular formula is C27H29FN4O3. The molecule has 1 atom stereocenters. The number of nitrogens with one attached hydrogen (secondary N) is 1. The van der Waals surface area contributed by atoms with Gasteiger partial charge < -0.3 is 19.9 Å². The molecule has 3 aromatic carbocycles. The average Bonchev–Trinajstić information content (AvgIpc) is 3.27. The monoisotopic (exact) mass is 476 g/mol. The van der Waals surface area contributed by atoms with Gasteiger partial charge in [0.15, 0.2) is 5.82 Å². The van der Waals surface area contributed by atoms with E-state index in [0.717, 1.165) is 16.9 Å². The molecule has 0 bridgehead atoms. The zero-order valence-electron chi connectivity index (χ0n) is 19.8. The smallest absolute Gasteiger partial charge is 0.336 e. The second-order valence-corrected chi connectivity index (χ2v) is 8.39. The number of rotatable bonds is 11. The summed E-state index contributed by atoms with van der Waals surface area (Å²) in [5, 5.41) is 18.0. The van der Waals surface area contributed by atoms with Crippen LogP contribution in [-0.4, -0.2) is 45.2 Å². The van der Waals surface area contributed by atoms with Crippen molar-refractivity contribution >= 4 is 5.69 Å². The molecule has 35 heavy (non-hydrogen) atoms. The van der Waals surface area contributed by atoms with Gasteiger partial charge in [-0.3, -0.25) is 0 Å². The van der Waals surface area contributed by atoms with Crippen LogP contribution < -0.4 is 10.1 Å². The Hall–Kier alpha value is -3.75. The van der Waals surface area contributed by atoms with Crippen molar-refractivity contribution in [2.45, 2.75) is 32.7 Å². The maximum Gasteiger partial charge on any atom is 0.336 e. The zero-order valence-corrected chi connectivity index (χ0v) is 19.8. The summed E-state index contributed by atoms with van der Waals surface area (Å²) in [4.78, 5) is 4.49. The number of aliphatic hydroxyl groups is 1. The fourth-order valence-electron chi connectivity index (χ4n) is 3.48. The molecule has 0 aliphatic rings. The molecule has 1 aromatic heterocycles. The Morgan fingerprint density at radius 2 is 1.80 bits per heavy atom. The van der Waals surface area contributed by atoms with Gasteiger partial charge >= 0.3 is 6.01 Å². The Labute approximate surface area is 204 Å². The molecule has 0 saturated heterocycles. The van der Waals surface area contributed by atoms with Gasteiger partial charge in [0.2, 0.25) is 0 Å². The first kappa shape index (κ1) is 24.4. The Morgan fingerprint density at radius 1 is 1.00 bits per heavy atom. The van der Waals surface area contributed by atoms with E-state index in [1.54, 1.807) is 16.8 Å². The topological polar surface area (TPSA) is 81.4 Å². The fraction of sp³-hybridized carbons (Fsp3) is 0.259. The average molecular weight is 477 g/mol. The molecule has 4 aromatic rings.